The molecule has 0 amide bonds. The second-order valence-corrected chi connectivity index (χ2v) is 11.5. The molecular weight excluding hydrogens is 498 g/mol. The van der Waals surface area contributed by atoms with Gasteiger partial charge in [0.1, 0.15) is 17.6 Å². The van der Waals surface area contributed by atoms with E-state index in [-0.39, 0.29) is 35.2 Å². The molecule has 2 fully saturated rings. The van der Waals surface area contributed by atoms with E-state index in [1.54, 1.807) is 18.4 Å². The van der Waals surface area contributed by atoms with Crippen molar-refractivity contribution in [1.29, 1.82) is 0 Å². The molecule has 1 aliphatic carbocycles. The number of imidazole rings is 1. The van der Waals surface area contributed by atoms with Gasteiger partial charge >= 0.3 is 5.97 Å². The zero-order chi connectivity index (χ0) is 26.3. The van der Waals surface area contributed by atoms with Gasteiger partial charge in [-0.25, -0.2) is 17.9 Å². The molecule has 1 aliphatic heterocycles. The lowest BCUT2D eigenvalue weighted by molar-refractivity contribution is -0.142. The van der Waals surface area contributed by atoms with Gasteiger partial charge in [-0.3, -0.25) is 9.59 Å². The lowest BCUT2D eigenvalue weighted by atomic mass is 10.1. The molecule has 1 unspecified atom stereocenters. The predicted molar refractivity (Wildman–Crippen MR) is 135 cm³/mol. The molecule has 37 heavy (non-hydrogen) atoms. The number of benzene rings is 1. The molecule has 3 heterocycles. The Morgan fingerprint density at radius 1 is 1.19 bits per heavy atom. The zero-order valence-electron chi connectivity index (χ0n) is 20.9. The van der Waals surface area contributed by atoms with Crippen molar-refractivity contribution in [3.63, 3.8) is 0 Å². The van der Waals surface area contributed by atoms with Gasteiger partial charge in [-0.05, 0) is 64.2 Å². The SMILES string of the molecule is CCOc1ccc(S(=O)(=O)N2CCCCC2C(=O)O)cc1-c1nn2c(C3CCCC3)nc(C)c2c(=O)[nH]1. The van der Waals surface area contributed by atoms with Gasteiger partial charge in [-0.2, -0.15) is 4.31 Å². The van der Waals surface area contributed by atoms with E-state index in [4.69, 9.17) is 9.84 Å². The summed E-state index contributed by atoms with van der Waals surface area (Å²) in [6, 6.07) is 3.20. The number of hydrogen-bond donors (Lipinski definition) is 2. The summed E-state index contributed by atoms with van der Waals surface area (Å²) in [5.74, 6) is 0.283. The van der Waals surface area contributed by atoms with Crippen molar-refractivity contribution < 1.29 is 23.1 Å². The fourth-order valence-corrected chi connectivity index (χ4v) is 7.15. The minimum absolute atomic E-state index is 0.0836. The van der Waals surface area contributed by atoms with Crippen LogP contribution in [0.2, 0.25) is 0 Å². The van der Waals surface area contributed by atoms with E-state index in [1.165, 1.54) is 18.2 Å². The van der Waals surface area contributed by atoms with E-state index in [1.807, 2.05) is 0 Å². The van der Waals surface area contributed by atoms with E-state index in [0.29, 0.717) is 42.0 Å². The Morgan fingerprint density at radius 3 is 2.62 bits per heavy atom. The third-order valence-electron chi connectivity index (χ3n) is 7.27. The molecule has 5 rings (SSSR count). The van der Waals surface area contributed by atoms with Gasteiger partial charge in [0, 0.05) is 12.5 Å². The van der Waals surface area contributed by atoms with Crippen molar-refractivity contribution in [1.82, 2.24) is 23.9 Å². The number of carbonyl (C=O) groups is 1. The molecule has 2 aliphatic rings. The average Bonchev–Trinajstić information content (AvgIpc) is 3.52. The molecule has 0 bridgehead atoms. The third kappa shape index (κ3) is 4.52. The lowest BCUT2D eigenvalue weighted by Gasteiger charge is -2.32. The van der Waals surface area contributed by atoms with Crippen molar-refractivity contribution in [3.05, 3.63) is 40.1 Å². The fraction of sp³-hybridized carbons (Fsp3) is 0.520. The molecule has 2 N–H and O–H groups in total. The molecule has 1 saturated heterocycles. The number of aliphatic carboxylic acids is 1. The Kier molecular flexibility index (Phi) is 6.80. The van der Waals surface area contributed by atoms with Gasteiger partial charge in [0.25, 0.3) is 5.56 Å². The van der Waals surface area contributed by atoms with Crippen LogP contribution in [-0.2, 0) is 14.8 Å². The molecule has 1 aromatic carbocycles. The van der Waals surface area contributed by atoms with Crippen LogP contribution < -0.4 is 10.3 Å². The smallest absolute Gasteiger partial charge is 0.322 e. The van der Waals surface area contributed by atoms with Crippen molar-refractivity contribution in [3.8, 4) is 17.1 Å². The Labute approximate surface area is 214 Å². The number of carboxylic acid groups (broad SMARTS) is 1. The normalized spacial score (nSPS) is 19.5. The summed E-state index contributed by atoms with van der Waals surface area (Å²) in [6.07, 6.45) is 5.63. The van der Waals surface area contributed by atoms with Crippen LogP contribution in [0, 0.1) is 6.92 Å². The molecule has 2 aromatic heterocycles. The number of piperidine rings is 1. The number of fused-ring (bicyclic) bond motifs is 1. The number of rotatable bonds is 7. The first-order chi connectivity index (χ1) is 17.7. The number of aromatic amines is 1. The van der Waals surface area contributed by atoms with Crippen molar-refractivity contribution >= 4 is 21.5 Å². The molecule has 3 aromatic rings. The van der Waals surface area contributed by atoms with Crippen LogP contribution in [0.25, 0.3) is 16.9 Å². The number of nitrogens with one attached hydrogen (secondary N) is 1. The molecule has 1 saturated carbocycles. The van der Waals surface area contributed by atoms with Gasteiger partial charge in [0.15, 0.2) is 11.3 Å². The van der Waals surface area contributed by atoms with Crippen LogP contribution in [-0.4, -0.2) is 62.6 Å². The summed E-state index contributed by atoms with van der Waals surface area (Å²) in [6.45, 7) is 4.02. The summed E-state index contributed by atoms with van der Waals surface area (Å²) < 4.78 is 35.6. The van der Waals surface area contributed by atoms with Crippen molar-refractivity contribution in [2.45, 2.75) is 75.6 Å². The maximum absolute atomic E-state index is 13.6. The molecule has 11 nitrogen and oxygen atoms in total. The molecule has 1 atom stereocenters. The van der Waals surface area contributed by atoms with Gasteiger partial charge in [0.05, 0.1) is 22.8 Å². The minimum Gasteiger partial charge on any atom is -0.493 e. The first kappa shape index (κ1) is 25.4. The lowest BCUT2D eigenvalue weighted by Crippen LogP contribution is -2.47. The Balaban J connectivity index is 1.65. The zero-order valence-corrected chi connectivity index (χ0v) is 21.8. The van der Waals surface area contributed by atoms with E-state index in [0.717, 1.165) is 35.8 Å². The van der Waals surface area contributed by atoms with E-state index in [9.17, 15) is 23.1 Å². The number of aromatic nitrogens is 4. The standard InChI is InChI=1S/C25H31N5O6S/c1-3-36-20-12-11-17(37(34,35)29-13-7-6-10-19(29)25(32)33)14-18(20)22-27-24(31)21-15(2)26-23(30(21)28-22)16-8-4-5-9-16/h11-12,14,16,19H,3-10,13H2,1-2H3,(H,32,33)(H,27,28,31). The fourth-order valence-electron chi connectivity index (χ4n) is 5.47. The summed E-state index contributed by atoms with van der Waals surface area (Å²) in [5.41, 5.74) is 0.879. The number of aryl methyl sites for hydroxylation is 1. The first-order valence-electron chi connectivity index (χ1n) is 12.7. The summed E-state index contributed by atoms with van der Waals surface area (Å²) in [5, 5.41) is 14.3. The third-order valence-corrected chi connectivity index (χ3v) is 9.18. The predicted octanol–water partition coefficient (Wildman–Crippen LogP) is 3.08. The molecule has 0 spiro atoms. The van der Waals surface area contributed by atoms with Crippen LogP contribution in [0.5, 0.6) is 5.75 Å². The highest BCUT2D eigenvalue weighted by Crippen LogP contribution is 2.35. The molecular formula is C25H31N5O6S. The van der Waals surface area contributed by atoms with Crippen LogP contribution in [0.4, 0.5) is 0 Å². The first-order valence-corrected chi connectivity index (χ1v) is 14.2. The second-order valence-electron chi connectivity index (χ2n) is 9.66. The number of nitrogens with zero attached hydrogens (tertiary/aromatic N) is 4. The highest BCUT2D eigenvalue weighted by atomic mass is 32.2. The maximum atomic E-state index is 13.6. The Hall–Kier alpha value is -3.25. The van der Waals surface area contributed by atoms with E-state index in [2.05, 4.69) is 9.97 Å². The van der Waals surface area contributed by atoms with E-state index < -0.39 is 22.0 Å². The van der Waals surface area contributed by atoms with Gasteiger partial charge in [0.2, 0.25) is 10.0 Å². The summed E-state index contributed by atoms with van der Waals surface area (Å²) in [7, 11) is -4.13. The highest BCUT2D eigenvalue weighted by molar-refractivity contribution is 7.89. The minimum atomic E-state index is -4.13. The number of carboxylic acids is 1. The summed E-state index contributed by atoms with van der Waals surface area (Å²) in [4.78, 5) is 32.3. The quantitative estimate of drug-likeness (QED) is 0.475. The van der Waals surface area contributed by atoms with E-state index >= 15 is 0 Å². The molecule has 12 heteroatoms. The largest absolute Gasteiger partial charge is 0.493 e. The number of H-pyrrole nitrogens is 1. The Bertz CT molecular complexity index is 1510. The van der Waals surface area contributed by atoms with Crippen molar-refractivity contribution in [2.75, 3.05) is 13.2 Å². The maximum Gasteiger partial charge on any atom is 0.322 e. The number of ether oxygens (including phenoxy) is 1. The van der Waals surface area contributed by atoms with Crippen LogP contribution >= 0.6 is 0 Å². The van der Waals surface area contributed by atoms with Crippen LogP contribution in [0.3, 0.4) is 0 Å². The van der Waals surface area contributed by atoms with Gasteiger partial charge < -0.3 is 14.8 Å². The average molecular weight is 530 g/mol. The number of hydrogen-bond acceptors (Lipinski definition) is 7. The van der Waals surface area contributed by atoms with Crippen LogP contribution in [0.15, 0.2) is 27.9 Å². The van der Waals surface area contributed by atoms with Gasteiger partial charge in [-0.1, -0.05) is 12.8 Å². The topological polar surface area (TPSA) is 147 Å². The Morgan fingerprint density at radius 2 is 1.92 bits per heavy atom. The highest BCUT2D eigenvalue weighted by Gasteiger charge is 2.38. The monoisotopic (exact) mass is 529 g/mol. The number of sulfonamides is 1. The van der Waals surface area contributed by atoms with Gasteiger partial charge in [-0.15, -0.1) is 5.10 Å². The summed E-state index contributed by atoms with van der Waals surface area (Å²) >= 11 is 0. The van der Waals surface area contributed by atoms with Crippen molar-refractivity contribution in [2.24, 2.45) is 0 Å². The molecule has 0 radical (unpaired) electrons. The molecule has 198 valence electrons. The second kappa shape index (κ2) is 9.90. The van der Waals surface area contributed by atoms with Crippen LogP contribution in [0.1, 0.15) is 69.3 Å².